The molecule has 2 N–H and O–H groups in total. The Hall–Kier alpha value is -2.72. The molecule has 0 aliphatic carbocycles. The van der Waals surface area contributed by atoms with Gasteiger partial charge >= 0.3 is 5.97 Å². The molecule has 26 heavy (non-hydrogen) atoms. The van der Waals surface area contributed by atoms with Gasteiger partial charge in [-0.1, -0.05) is 23.9 Å². The average molecular weight is 377 g/mol. The number of halogens is 1. The van der Waals surface area contributed by atoms with E-state index in [9.17, 15) is 9.18 Å². The smallest absolute Gasteiger partial charge is 0.316 e. The first-order valence-electron chi connectivity index (χ1n) is 7.53. The number of benzene rings is 1. The predicted molar refractivity (Wildman–Crippen MR) is 94.0 cm³/mol. The number of aromatic nitrogens is 4. The zero-order valence-electron chi connectivity index (χ0n) is 14.1. The van der Waals surface area contributed by atoms with Gasteiger partial charge in [-0.2, -0.15) is 9.50 Å². The zero-order valence-corrected chi connectivity index (χ0v) is 14.9. The normalized spacial score (nSPS) is 11.0. The van der Waals surface area contributed by atoms with Gasteiger partial charge in [0, 0.05) is 12.7 Å². The molecule has 0 amide bonds. The predicted octanol–water partition coefficient (Wildman–Crippen LogP) is 1.92. The second-order valence-corrected chi connectivity index (χ2v) is 6.17. The lowest BCUT2D eigenvalue weighted by atomic mass is 10.0. The van der Waals surface area contributed by atoms with E-state index in [1.165, 1.54) is 30.9 Å². The van der Waals surface area contributed by atoms with Crippen LogP contribution in [0, 0.1) is 5.82 Å². The lowest BCUT2D eigenvalue weighted by Gasteiger charge is -2.12. The zero-order chi connectivity index (χ0) is 18.7. The molecule has 10 heteroatoms. The molecule has 0 aliphatic rings. The van der Waals surface area contributed by atoms with Gasteiger partial charge in [0.25, 0.3) is 5.78 Å². The van der Waals surface area contributed by atoms with Crippen LogP contribution in [0.1, 0.15) is 5.69 Å². The molecule has 0 spiro atoms. The number of nitrogens with zero attached hydrogens (tertiary/aromatic N) is 4. The van der Waals surface area contributed by atoms with Crippen molar-refractivity contribution in [3.8, 4) is 11.1 Å². The van der Waals surface area contributed by atoms with Crippen LogP contribution in [0.4, 0.5) is 10.2 Å². The summed E-state index contributed by atoms with van der Waals surface area (Å²) in [7, 11) is 2.85. The summed E-state index contributed by atoms with van der Waals surface area (Å²) in [6, 6.07) is 5.90. The number of carbonyl (C=O) groups excluding carboxylic acids is 1. The molecular weight excluding hydrogens is 361 g/mol. The van der Waals surface area contributed by atoms with E-state index in [0.29, 0.717) is 27.8 Å². The van der Waals surface area contributed by atoms with Gasteiger partial charge in [0.15, 0.2) is 0 Å². The number of carbonyl (C=O) groups is 1. The molecule has 0 atom stereocenters. The van der Waals surface area contributed by atoms with Crippen LogP contribution < -0.4 is 5.73 Å². The lowest BCUT2D eigenvalue weighted by Crippen LogP contribution is -2.08. The van der Waals surface area contributed by atoms with Crippen LogP contribution in [0.2, 0.25) is 0 Å². The fourth-order valence-corrected chi connectivity index (χ4v) is 3.02. The summed E-state index contributed by atoms with van der Waals surface area (Å²) in [5.41, 5.74) is 8.12. The Morgan fingerprint density at radius 2 is 2.00 bits per heavy atom. The third-order valence-corrected chi connectivity index (χ3v) is 4.35. The minimum Gasteiger partial charge on any atom is -0.468 e. The molecule has 3 aromatic rings. The van der Waals surface area contributed by atoms with Crippen molar-refractivity contribution in [2.24, 2.45) is 0 Å². The van der Waals surface area contributed by atoms with E-state index in [-0.39, 0.29) is 29.9 Å². The molecule has 0 fully saturated rings. The van der Waals surface area contributed by atoms with Crippen molar-refractivity contribution >= 4 is 29.3 Å². The number of anilines is 1. The molecular formula is C16H16FN5O3S. The standard InChI is InChI=1S/C16H16FN5O3S/c1-24-7-11-13(9-3-5-10(17)6-4-9)14(18)22-15(19-11)20-16(21-22)26-8-12(23)25-2/h3-6H,7-8,18H2,1-2H3. The highest BCUT2D eigenvalue weighted by Gasteiger charge is 2.18. The number of fused-ring (bicyclic) bond motifs is 1. The Kier molecular flexibility index (Phi) is 5.33. The monoisotopic (exact) mass is 377 g/mol. The topological polar surface area (TPSA) is 105 Å². The van der Waals surface area contributed by atoms with Gasteiger partial charge in [-0.15, -0.1) is 5.10 Å². The van der Waals surface area contributed by atoms with Crippen molar-refractivity contribution in [3.05, 3.63) is 35.8 Å². The van der Waals surface area contributed by atoms with E-state index in [1.807, 2.05) is 0 Å². The van der Waals surface area contributed by atoms with E-state index >= 15 is 0 Å². The van der Waals surface area contributed by atoms with Crippen molar-refractivity contribution < 1.29 is 18.7 Å². The van der Waals surface area contributed by atoms with Crippen LogP contribution in [0.25, 0.3) is 16.9 Å². The summed E-state index contributed by atoms with van der Waals surface area (Å²) in [6.07, 6.45) is 0. The molecule has 0 aliphatic heterocycles. The van der Waals surface area contributed by atoms with Crippen LogP contribution in [-0.4, -0.2) is 45.5 Å². The fourth-order valence-electron chi connectivity index (χ4n) is 2.37. The molecule has 136 valence electrons. The molecule has 0 saturated heterocycles. The quantitative estimate of drug-likeness (QED) is 0.513. The van der Waals surface area contributed by atoms with E-state index in [1.54, 1.807) is 12.1 Å². The number of nitrogen functional groups attached to an aromatic ring is 1. The highest BCUT2D eigenvalue weighted by molar-refractivity contribution is 7.99. The van der Waals surface area contributed by atoms with Crippen molar-refractivity contribution in [3.63, 3.8) is 0 Å². The molecule has 0 radical (unpaired) electrons. The van der Waals surface area contributed by atoms with Crippen molar-refractivity contribution in [1.29, 1.82) is 0 Å². The van der Waals surface area contributed by atoms with Gasteiger partial charge in [0.2, 0.25) is 5.16 Å². The summed E-state index contributed by atoms with van der Waals surface area (Å²) in [4.78, 5) is 20.0. The van der Waals surface area contributed by atoms with Crippen LogP contribution in [0.15, 0.2) is 29.4 Å². The number of thioether (sulfide) groups is 1. The average Bonchev–Trinajstić information content (AvgIpc) is 3.05. The van der Waals surface area contributed by atoms with Gasteiger partial charge in [0.1, 0.15) is 11.6 Å². The molecule has 0 bridgehead atoms. The molecule has 0 saturated carbocycles. The van der Waals surface area contributed by atoms with E-state index < -0.39 is 0 Å². The highest BCUT2D eigenvalue weighted by Crippen LogP contribution is 2.30. The van der Waals surface area contributed by atoms with Crippen LogP contribution >= 0.6 is 11.8 Å². The summed E-state index contributed by atoms with van der Waals surface area (Å²) in [5, 5.41) is 4.62. The molecule has 1 aromatic carbocycles. The Morgan fingerprint density at radius 1 is 1.27 bits per heavy atom. The minimum atomic E-state index is -0.387. The molecule has 0 unspecified atom stereocenters. The maximum atomic E-state index is 13.2. The van der Waals surface area contributed by atoms with E-state index in [4.69, 9.17) is 10.5 Å². The third-order valence-electron chi connectivity index (χ3n) is 3.54. The number of ether oxygens (including phenoxy) is 2. The Balaban J connectivity index is 2.08. The Labute approximate surface area is 152 Å². The maximum absolute atomic E-state index is 13.2. The van der Waals surface area contributed by atoms with Crippen molar-refractivity contribution in [2.45, 2.75) is 11.8 Å². The SMILES string of the molecule is COCc1nc2nc(SCC(=O)OC)nn2c(N)c1-c1ccc(F)cc1. The first-order chi connectivity index (χ1) is 12.5. The van der Waals surface area contributed by atoms with Crippen molar-refractivity contribution in [1.82, 2.24) is 19.6 Å². The number of rotatable bonds is 6. The molecule has 2 heterocycles. The number of hydrogen-bond acceptors (Lipinski definition) is 8. The Morgan fingerprint density at radius 3 is 2.65 bits per heavy atom. The first kappa shape index (κ1) is 18.1. The fraction of sp³-hybridized carbons (Fsp3) is 0.250. The van der Waals surface area contributed by atoms with Gasteiger partial charge < -0.3 is 15.2 Å². The van der Waals surface area contributed by atoms with E-state index in [0.717, 1.165) is 11.8 Å². The maximum Gasteiger partial charge on any atom is 0.316 e. The van der Waals surface area contributed by atoms with Crippen LogP contribution in [0.5, 0.6) is 0 Å². The summed E-state index contributed by atoms with van der Waals surface area (Å²) in [5.74, 6) is -0.0825. The van der Waals surface area contributed by atoms with Crippen molar-refractivity contribution in [2.75, 3.05) is 25.7 Å². The number of methoxy groups -OCH3 is 2. The molecule has 3 rings (SSSR count). The van der Waals surface area contributed by atoms with Crippen LogP contribution in [0.3, 0.4) is 0 Å². The second kappa shape index (κ2) is 7.67. The van der Waals surface area contributed by atoms with Gasteiger partial charge in [-0.25, -0.2) is 9.37 Å². The van der Waals surface area contributed by atoms with Gasteiger partial charge in [-0.05, 0) is 17.7 Å². The molecule has 8 nitrogen and oxygen atoms in total. The lowest BCUT2D eigenvalue weighted by molar-refractivity contribution is -0.137. The largest absolute Gasteiger partial charge is 0.468 e. The first-order valence-corrected chi connectivity index (χ1v) is 8.51. The number of nitrogens with two attached hydrogens (primary N) is 1. The summed E-state index contributed by atoms with van der Waals surface area (Å²) >= 11 is 1.12. The van der Waals surface area contributed by atoms with E-state index in [2.05, 4.69) is 19.8 Å². The number of esters is 1. The third kappa shape index (κ3) is 3.60. The Bertz CT molecular complexity index is 945. The minimum absolute atomic E-state index is 0.0725. The number of hydrogen-bond donors (Lipinski definition) is 1. The van der Waals surface area contributed by atoms with Gasteiger partial charge in [0.05, 0.1) is 25.2 Å². The highest BCUT2D eigenvalue weighted by atomic mass is 32.2. The summed E-state index contributed by atoms with van der Waals surface area (Å²) < 4.78 is 24.4. The second-order valence-electron chi connectivity index (χ2n) is 5.23. The summed E-state index contributed by atoms with van der Waals surface area (Å²) in [6.45, 7) is 0.199. The van der Waals surface area contributed by atoms with Gasteiger partial charge in [-0.3, -0.25) is 4.79 Å². The molecule has 2 aromatic heterocycles. The van der Waals surface area contributed by atoms with Crippen LogP contribution in [-0.2, 0) is 20.9 Å².